The van der Waals surface area contributed by atoms with Crippen LogP contribution in [0, 0.1) is 29.5 Å². The summed E-state index contributed by atoms with van der Waals surface area (Å²) >= 11 is 0. The van der Waals surface area contributed by atoms with Crippen molar-refractivity contribution < 1.29 is 4.39 Å². The van der Waals surface area contributed by atoms with Gasteiger partial charge in [-0.3, -0.25) is 0 Å². The average molecular weight is 455 g/mol. The molecule has 1 aliphatic carbocycles. The maximum Gasteiger partial charge on any atom is 0.146 e. The first-order valence-electron chi connectivity index (χ1n) is 13.5. The molecule has 0 saturated heterocycles. The van der Waals surface area contributed by atoms with E-state index in [9.17, 15) is 0 Å². The lowest BCUT2D eigenvalue weighted by atomic mass is 9.78. The number of unbranched alkanes of at least 4 members (excludes halogenated alkanes) is 1. The summed E-state index contributed by atoms with van der Waals surface area (Å²) in [4.78, 5) is 0. The van der Waals surface area contributed by atoms with Crippen LogP contribution in [-0.4, -0.2) is 0 Å². The van der Waals surface area contributed by atoms with Crippen LogP contribution in [-0.2, 0) is 12.8 Å². The van der Waals surface area contributed by atoms with E-state index >= 15 is 4.39 Å². The summed E-state index contributed by atoms with van der Waals surface area (Å²) in [5.74, 6) is 7.89. The number of hydrogen-bond donors (Lipinski definition) is 0. The molecule has 0 unspecified atom stereocenters. The minimum atomic E-state index is -0.211. The van der Waals surface area contributed by atoms with Gasteiger partial charge in [-0.2, -0.15) is 0 Å². The molecule has 3 aromatic rings. The van der Waals surface area contributed by atoms with E-state index in [0.717, 1.165) is 42.0 Å². The van der Waals surface area contributed by atoms with Crippen LogP contribution in [0.25, 0.3) is 10.8 Å². The number of hydrogen-bond acceptors (Lipinski definition) is 0. The van der Waals surface area contributed by atoms with Gasteiger partial charge in [-0.05, 0) is 72.2 Å². The van der Waals surface area contributed by atoms with Crippen LogP contribution < -0.4 is 0 Å². The highest BCUT2D eigenvalue weighted by Crippen LogP contribution is 2.33. The monoisotopic (exact) mass is 454 g/mol. The minimum Gasteiger partial charge on any atom is -0.205 e. The van der Waals surface area contributed by atoms with Gasteiger partial charge in [0.1, 0.15) is 5.82 Å². The Morgan fingerprint density at radius 1 is 0.735 bits per heavy atom. The van der Waals surface area contributed by atoms with Crippen molar-refractivity contribution in [3.8, 4) is 11.8 Å². The number of rotatable bonds is 8. The van der Waals surface area contributed by atoms with Crippen molar-refractivity contribution in [1.29, 1.82) is 0 Å². The van der Waals surface area contributed by atoms with E-state index in [4.69, 9.17) is 0 Å². The molecule has 0 heterocycles. The molecular formula is C33H39F. The molecule has 1 fully saturated rings. The summed E-state index contributed by atoms with van der Waals surface area (Å²) in [6, 6.07) is 18.4. The summed E-state index contributed by atoms with van der Waals surface area (Å²) in [5.41, 5.74) is 4.07. The third-order valence-electron chi connectivity index (χ3n) is 7.64. The molecule has 0 aromatic heterocycles. The predicted molar refractivity (Wildman–Crippen MR) is 144 cm³/mol. The average Bonchev–Trinajstić information content (AvgIpc) is 2.87. The summed E-state index contributed by atoms with van der Waals surface area (Å²) in [6.07, 6.45) is 14.2. The fraction of sp³-hybridized carbons (Fsp3) is 0.455. The van der Waals surface area contributed by atoms with Crippen molar-refractivity contribution in [3.05, 3.63) is 82.7 Å². The quantitative estimate of drug-likeness (QED) is 0.297. The van der Waals surface area contributed by atoms with Crippen molar-refractivity contribution in [2.45, 2.75) is 84.5 Å². The lowest BCUT2D eigenvalue weighted by Crippen LogP contribution is -2.15. The maximum atomic E-state index is 15.1. The molecule has 0 bridgehead atoms. The van der Waals surface area contributed by atoms with E-state index in [0.29, 0.717) is 10.9 Å². The minimum absolute atomic E-state index is 0.211. The van der Waals surface area contributed by atoms with Gasteiger partial charge in [0, 0.05) is 10.9 Å². The second kappa shape index (κ2) is 12.2. The van der Waals surface area contributed by atoms with Gasteiger partial charge in [0.15, 0.2) is 0 Å². The van der Waals surface area contributed by atoms with Crippen molar-refractivity contribution in [3.63, 3.8) is 0 Å². The Balaban J connectivity index is 1.35. The second-order valence-electron chi connectivity index (χ2n) is 10.2. The van der Waals surface area contributed by atoms with Crippen molar-refractivity contribution in [2.24, 2.45) is 11.8 Å². The van der Waals surface area contributed by atoms with Crippen LogP contribution in [0.1, 0.15) is 93.9 Å². The van der Waals surface area contributed by atoms with E-state index in [2.05, 4.69) is 56.0 Å². The molecule has 0 amide bonds. The van der Waals surface area contributed by atoms with Crippen molar-refractivity contribution in [1.82, 2.24) is 0 Å². The van der Waals surface area contributed by atoms with Crippen LogP contribution in [0.4, 0.5) is 4.39 Å². The Labute approximate surface area is 206 Å². The first-order valence-corrected chi connectivity index (χ1v) is 13.5. The molecule has 0 atom stereocenters. The molecule has 0 aliphatic heterocycles. The highest BCUT2D eigenvalue weighted by atomic mass is 19.1. The topological polar surface area (TPSA) is 0 Å². The van der Waals surface area contributed by atoms with Crippen molar-refractivity contribution in [2.75, 3.05) is 0 Å². The van der Waals surface area contributed by atoms with Gasteiger partial charge in [-0.1, -0.05) is 107 Å². The van der Waals surface area contributed by atoms with Crippen molar-refractivity contribution >= 4 is 10.8 Å². The highest BCUT2D eigenvalue weighted by molar-refractivity contribution is 5.85. The van der Waals surface area contributed by atoms with E-state index in [1.54, 1.807) is 0 Å². The first kappa shape index (κ1) is 24.5. The largest absolute Gasteiger partial charge is 0.205 e. The molecular weight excluding hydrogens is 415 g/mol. The fourth-order valence-electron chi connectivity index (χ4n) is 5.46. The fourth-order valence-corrected chi connectivity index (χ4v) is 5.46. The van der Waals surface area contributed by atoms with E-state index in [1.807, 2.05) is 24.3 Å². The lowest BCUT2D eigenvalue weighted by Gasteiger charge is -2.28. The van der Waals surface area contributed by atoms with Crippen LogP contribution in [0.15, 0.2) is 54.6 Å². The molecule has 34 heavy (non-hydrogen) atoms. The van der Waals surface area contributed by atoms with Gasteiger partial charge in [-0.15, -0.1) is 0 Å². The van der Waals surface area contributed by atoms with Gasteiger partial charge in [0.05, 0.1) is 5.56 Å². The highest BCUT2D eigenvalue weighted by Gasteiger charge is 2.20. The van der Waals surface area contributed by atoms with Gasteiger partial charge < -0.3 is 0 Å². The van der Waals surface area contributed by atoms with E-state index in [1.165, 1.54) is 62.5 Å². The molecule has 178 valence electrons. The van der Waals surface area contributed by atoms with Gasteiger partial charge >= 0.3 is 0 Å². The summed E-state index contributed by atoms with van der Waals surface area (Å²) in [6.45, 7) is 4.50. The molecule has 0 N–H and O–H groups in total. The normalized spacial score (nSPS) is 18.0. The molecule has 0 nitrogen and oxygen atoms in total. The van der Waals surface area contributed by atoms with Gasteiger partial charge in [0.25, 0.3) is 0 Å². The molecule has 0 radical (unpaired) electrons. The Kier molecular flexibility index (Phi) is 8.81. The molecule has 3 aromatic carbocycles. The third kappa shape index (κ3) is 6.50. The number of halogens is 1. The number of benzene rings is 3. The Morgan fingerprint density at radius 2 is 1.44 bits per heavy atom. The summed E-state index contributed by atoms with van der Waals surface area (Å²) in [7, 11) is 0. The Morgan fingerprint density at radius 3 is 2.15 bits per heavy atom. The Bertz CT molecular complexity index is 1120. The standard InChI is InChI=1S/C33H39F/c1-3-5-7-29-19-23-32-31(24-29)22-21-30(33(32)34)20-18-28-16-14-27(15-17-28)13-12-26-10-8-25(6-4-2)9-11-26/h14-17,19,21-26H,3-13H2,1-2H3. The Hall–Kier alpha value is -2.59. The smallest absolute Gasteiger partial charge is 0.146 e. The number of aryl methyl sites for hydroxylation is 2. The summed E-state index contributed by atoms with van der Waals surface area (Å²) in [5, 5.41) is 1.62. The van der Waals surface area contributed by atoms with Crippen LogP contribution >= 0.6 is 0 Å². The molecule has 4 rings (SSSR count). The van der Waals surface area contributed by atoms with Crippen LogP contribution in [0.5, 0.6) is 0 Å². The first-order chi connectivity index (χ1) is 16.7. The van der Waals surface area contributed by atoms with E-state index < -0.39 is 0 Å². The lowest BCUT2D eigenvalue weighted by molar-refractivity contribution is 0.252. The molecule has 1 heteroatoms. The maximum absolute atomic E-state index is 15.1. The zero-order valence-electron chi connectivity index (χ0n) is 21.0. The number of fused-ring (bicyclic) bond motifs is 1. The zero-order valence-corrected chi connectivity index (χ0v) is 21.0. The van der Waals surface area contributed by atoms with Crippen LogP contribution in [0.3, 0.4) is 0 Å². The van der Waals surface area contributed by atoms with Gasteiger partial charge in [0.2, 0.25) is 0 Å². The SMILES string of the molecule is CCCCc1ccc2c(F)c(C#Cc3ccc(CCC4CCC(CCC)CC4)cc3)ccc2c1. The van der Waals surface area contributed by atoms with E-state index in [-0.39, 0.29) is 5.82 Å². The third-order valence-corrected chi connectivity index (χ3v) is 7.64. The summed E-state index contributed by atoms with van der Waals surface area (Å²) < 4.78 is 15.1. The molecule has 1 aliphatic rings. The van der Waals surface area contributed by atoms with Crippen LogP contribution in [0.2, 0.25) is 0 Å². The van der Waals surface area contributed by atoms with Gasteiger partial charge in [-0.25, -0.2) is 4.39 Å². The zero-order chi connectivity index (χ0) is 23.8. The second-order valence-corrected chi connectivity index (χ2v) is 10.2. The predicted octanol–water partition coefficient (Wildman–Crippen LogP) is 9.26. The molecule has 0 spiro atoms. The molecule has 1 saturated carbocycles.